The normalized spacial score (nSPS) is 24.0. The van der Waals surface area contributed by atoms with Crippen LogP contribution < -0.4 is 10.6 Å². The zero-order chi connectivity index (χ0) is 26.4. The molecule has 0 radical (unpaired) electrons. The van der Waals surface area contributed by atoms with E-state index in [1.54, 1.807) is 30.3 Å². The van der Waals surface area contributed by atoms with Crippen LogP contribution in [0.3, 0.4) is 0 Å². The maximum absolute atomic E-state index is 14.9. The highest BCUT2D eigenvalue weighted by molar-refractivity contribution is 6.16. The van der Waals surface area contributed by atoms with Crippen LogP contribution in [0.5, 0.6) is 0 Å². The summed E-state index contributed by atoms with van der Waals surface area (Å²) in [6.45, 7) is 3.25. The standard InChI is InChI=1S/C25H28BFN4O6/c26-25(36,18-12-15(4-5-19(18)27)13-30-8-10-37-11-9-30)29-20-3-1-2-16-17(20)14-31(22(16)33)24(35)7-6-21(32)28-23(24)34/h1-5,12,29,35-36H,6-11,13-14,26H2,(H,28,32,34). The average Bonchev–Trinajstić information content (AvgIpc) is 3.21. The number of nitrogens with one attached hydrogen (secondary N) is 2. The molecule has 2 saturated heterocycles. The van der Waals surface area contributed by atoms with Gasteiger partial charge in [-0.1, -0.05) is 12.1 Å². The number of carbonyl (C=O) groups excluding carboxylic acids is 3. The number of morpholine rings is 1. The van der Waals surface area contributed by atoms with Crippen LogP contribution in [-0.2, 0) is 33.0 Å². The summed E-state index contributed by atoms with van der Waals surface area (Å²) in [5.74, 6) is -2.64. The van der Waals surface area contributed by atoms with Gasteiger partial charge in [0.1, 0.15) is 11.4 Å². The van der Waals surface area contributed by atoms with E-state index in [2.05, 4.69) is 15.5 Å². The summed E-state index contributed by atoms with van der Waals surface area (Å²) in [6, 6.07) is 9.40. The van der Waals surface area contributed by atoms with Crippen LogP contribution in [0.4, 0.5) is 10.1 Å². The van der Waals surface area contributed by atoms with E-state index in [-0.39, 0.29) is 30.5 Å². The third-order valence-electron chi connectivity index (χ3n) is 7.17. The number of amides is 3. The number of halogens is 1. The van der Waals surface area contributed by atoms with Gasteiger partial charge >= 0.3 is 0 Å². The van der Waals surface area contributed by atoms with Gasteiger partial charge in [0.05, 0.1) is 19.8 Å². The number of nitrogens with zero attached hydrogens (tertiary/aromatic N) is 2. The Morgan fingerprint density at radius 3 is 2.68 bits per heavy atom. The van der Waals surface area contributed by atoms with Gasteiger partial charge in [-0.25, -0.2) is 4.39 Å². The van der Waals surface area contributed by atoms with Gasteiger partial charge in [0.25, 0.3) is 11.8 Å². The van der Waals surface area contributed by atoms with Crippen molar-refractivity contribution in [1.82, 2.24) is 15.1 Å². The first kappa shape index (κ1) is 25.3. The summed E-state index contributed by atoms with van der Waals surface area (Å²) in [4.78, 5) is 40.3. The fraction of sp³-hybridized carbons (Fsp3) is 0.400. The Morgan fingerprint density at radius 1 is 1.19 bits per heavy atom. The summed E-state index contributed by atoms with van der Waals surface area (Å²) < 4.78 is 20.3. The second-order valence-electron chi connectivity index (χ2n) is 9.82. The van der Waals surface area contributed by atoms with Crippen molar-refractivity contribution in [3.63, 3.8) is 0 Å². The topological polar surface area (TPSA) is 131 Å². The molecule has 0 aliphatic carbocycles. The SMILES string of the molecule is BC(O)(Nc1cccc2c1CN(C1(O)CCC(=O)NC1=O)C2=O)c1cc(CN2CCOCC2)ccc1F. The second kappa shape index (κ2) is 9.53. The molecule has 194 valence electrons. The number of anilines is 1. The molecule has 5 rings (SSSR count). The van der Waals surface area contributed by atoms with Crippen LogP contribution in [0.2, 0.25) is 0 Å². The monoisotopic (exact) mass is 510 g/mol. The van der Waals surface area contributed by atoms with Crippen LogP contribution in [0, 0.1) is 5.82 Å². The minimum atomic E-state index is -2.18. The van der Waals surface area contributed by atoms with Crippen molar-refractivity contribution < 1.29 is 33.7 Å². The molecule has 12 heteroatoms. The molecule has 3 amide bonds. The predicted octanol–water partition coefficient (Wildman–Crippen LogP) is -0.413. The molecule has 3 aliphatic heterocycles. The second-order valence-corrected chi connectivity index (χ2v) is 9.82. The van der Waals surface area contributed by atoms with Crippen molar-refractivity contribution in [2.75, 3.05) is 31.6 Å². The van der Waals surface area contributed by atoms with Gasteiger partial charge in [-0.05, 0) is 29.8 Å². The zero-order valence-electron chi connectivity index (χ0n) is 20.4. The Labute approximate surface area is 213 Å². The Morgan fingerprint density at radius 2 is 1.95 bits per heavy atom. The Bertz CT molecular complexity index is 1270. The lowest BCUT2D eigenvalue weighted by Crippen LogP contribution is -2.63. The summed E-state index contributed by atoms with van der Waals surface area (Å²) in [6.07, 6.45) is -0.332. The number of ether oxygens (including phenoxy) is 1. The number of hydrogen-bond donors (Lipinski definition) is 4. The molecule has 37 heavy (non-hydrogen) atoms. The van der Waals surface area contributed by atoms with Crippen LogP contribution in [0.1, 0.15) is 39.9 Å². The van der Waals surface area contributed by atoms with Crippen molar-refractivity contribution in [3.05, 3.63) is 64.5 Å². The molecule has 3 heterocycles. The van der Waals surface area contributed by atoms with Gasteiger partial charge in [-0.3, -0.25) is 29.5 Å². The molecular formula is C25H28BFN4O6. The molecule has 2 aromatic carbocycles. The first-order valence-corrected chi connectivity index (χ1v) is 12.2. The Hall–Kier alpha value is -3.32. The number of hydrogen-bond acceptors (Lipinski definition) is 8. The first-order chi connectivity index (χ1) is 17.6. The van der Waals surface area contributed by atoms with E-state index in [0.29, 0.717) is 31.0 Å². The maximum Gasteiger partial charge on any atom is 0.279 e. The summed E-state index contributed by atoms with van der Waals surface area (Å²) in [7, 11) is 1.42. The van der Waals surface area contributed by atoms with E-state index in [1.165, 1.54) is 13.9 Å². The Balaban J connectivity index is 1.40. The van der Waals surface area contributed by atoms with E-state index < -0.39 is 34.9 Å². The lowest BCUT2D eigenvalue weighted by molar-refractivity contribution is -0.167. The van der Waals surface area contributed by atoms with E-state index in [1.807, 2.05) is 0 Å². The van der Waals surface area contributed by atoms with Crippen LogP contribution in [0.25, 0.3) is 0 Å². The van der Waals surface area contributed by atoms with Gasteiger partial charge in [-0.15, -0.1) is 0 Å². The number of fused-ring (bicyclic) bond motifs is 1. The molecule has 2 fully saturated rings. The molecule has 2 atom stereocenters. The van der Waals surface area contributed by atoms with Crippen molar-refractivity contribution in [1.29, 1.82) is 0 Å². The largest absolute Gasteiger partial charge is 0.379 e. The third-order valence-corrected chi connectivity index (χ3v) is 7.17. The highest BCUT2D eigenvalue weighted by atomic mass is 19.1. The highest BCUT2D eigenvalue weighted by Crippen LogP contribution is 2.37. The molecule has 10 nitrogen and oxygen atoms in total. The van der Waals surface area contributed by atoms with E-state index in [4.69, 9.17) is 4.74 Å². The predicted molar refractivity (Wildman–Crippen MR) is 132 cm³/mol. The number of aliphatic hydroxyl groups is 2. The summed E-state index contributed by atoms with van der Waals surface area (Å²) in [5, 5.41) is 27.4. The van der Waals surface area contributed by atoms with E-state index >= 15 is 0 Å². The van der Waals surface area contributed by atoms with Gasteiger partial charge < -0.3 is 20.3 Å². The Kier molecular flexibility index (Phi) is 6.53. The van der Waals surface area contributed by atoms with Gasteiger partial charge in [0.15, 0.2) is 7.85 Å². The average molecular weight is 510 g/mol. The summed E-state index contributed by atoms with van der Waals surface area (Å²) in [5.41, 5.74) is -2.12. The fourth-order valence-electron chi connectivity index (χ4n) is 5.09. The van der Waals surface area contributed by atoms with Crippen molar-refractivity contribution in [3.8, 4) is 0 Å². The van der Waals surface area contributed by atoms with Crippen LogP contribution in [0.15, 0.2) is 36.4 Å². The van der Waals surface area contributed by atoms with Gasteiger partial charge in [0.2, 0.25) is 11.6 Å². The third kappa shape index (κ3) is 4.73. The summed E-state index contributed by atoms with van der Waals surface area (Å²) >= 11 is 0. The minimum absolute atomic E-state index is 0.0424. The molecule has 0 bridgehead atoms. The van der Waals surface area contributed by atoms with Crippen LogP contribution in [-0.4, -0.2) is 77.6 Å². The molecule has 0 spiro atoms. The molecule has 0 aromatic heterocycles. The maximum atomic E-state index is 14.9. The van der Waals surface area contributed by atoms with Crippen molar-refractivity contribution in [2.24, 2.45) is 0 Å². The lowest BCUT2D eigenvalue weighted by Gasteiger charge is -2.37. The minimum Gasteiger partial charge on any atom is -0.379 e. The van der Waals surface area contributed by atoms with Gasteiger partial charge in [0, 0.05) is 54.9 Å². The van der Waals surface area contributed by atoms with E-state index in [9.17, 15) is 29.0 Å². The number of benzene rings is 2. The quantitative estimate of drug-likeness (QED) is 0.234. The molecule has 2 aromatic rings. The lowest BCUT2D eigenvalue weighted by atomic mass is 9.82. The zero-order valence-corrected chi connectivity index (χ0v) is 20.4. The van der Waals surface area contributed by atoms with E-state index in [0.717, 1.165) is 23.6 Å². The smallest absolute Gasteiger partial charge is 0.279 e. The fourth-order valence-corrected chi connectivity index (χ4v) is 5.09. The molecule has 2 unspecified atom stereocenters. The van der Waals surface area contributed by atoms with Crippen LogP contribution >= 0.6 is 0 Å². The number of piperidine rings is 1. The molecular weight excluding hydrogens is 482 g/mol. The molecule has 3 aliphatic rings. The highest BCUT2D eigenvalue weighted by Gasteiger charge is 2.51. The molecule has 4 N–H and O–H groups in total. The number of rotatable bonds is 6. The number of carbonyl (C=O) groups is 3. The first-order valence-electron chi connectivity index (χ1n) is 12.2. The number of imide groups is 1. The van der Waals surface area contributed by atoms with Gasteiger partial charge in [-0.2, -0.15) is 0 Å². The van der Waals surface area contributed by atoms with Crippen molar-refractivity contribution in [2.45, 2.75) is 37.3 Å². The molecule has 0 saturated carbocycles. The van der Waals surface area contributed by atoms with Crippen molar-refractivity contribution >= 4 is 31.3 Å².